The molecule has 2 atom stereocenters. The normalized spacial score (nSPS) is 13.1. The Balaban J connectivity index is 0.000000547. The lowest BCUT2D eigenvalue weighted by Crippen LogP contribution is -2.29. The first-order chi connectivity index (χ1) is 11.6. The molecular formula is C20H32O5. The van der Waals surface area contributed by atoms with Crippen LogP contribution in [0.15, 0.2) is 30.3 Å². The van der Waals surface area contributed by atoms with Gasteiger partial charge in [-0.05, 0) is 23.8 Å². The van der Waals surface area contributed by atoms with Gasteiger partial charge in [-0.15, -0.1) is 0 Å². The molecule has 0 aromatic heterocycles. The molecular weight excluding hydrogens is 320 g/mol. The monoisotopic (exact) mass is 352 g/mol. The molecule has 1 rings (SSSR count). The fraction of sp³-hybridized carbons (Fsp3) is 0.600. The molecule has 0 radical (unpaired) electrons. The van der Waals surface area contributed by atoms with Crippen LogP contribution in [0.25, 0.3) is 0 Å². The zero-order chi connectivity index (χ0) is 19.4. The highest BCUT2D eigenvalue weighted by molar-refractivity contribution is 5.79. The summed E-state index contributed by atoms with van der Waals surface area (Å²) in [6.45, 7) is 11.9. The number of ether oxygens (including phenoxy) is 1. The second-order valence-corrected chi connectivity index (χ2v) is 7.09. The minimum atomic E-state index is -1.08. The Kier molecular flexibility index (Phi) is 11.5. The molecule has 2 N–H and O–H groups in total. The van der Waals surface area contributed by atoms with Crippen molar-refractivity contribution in [3.05, 3.63) is 35.9 Å². The molecule has 0 aliphatic rings. The maximum Gasteiger partial charge on any atom is 0.307 e. The van der Waals surface area contributed by atoms with Crippen LogP contribution in [0.1, 0.15) is 40.2 Å². The van der Waals surface area contributed by atoms with E-state index in [1.807, 2.05) is 6.07 Å². The van der Waals surface area contributed by atoms with Gasteiger partial charge >= 0.3 is 11.9 Å². The predicted octanol–water partition coefficient (Wildman–Crippen LogP) is 3.97. The van der Waals surface area contributed by atoms with Gasteiger partial charge in [0.15, 0.2) is 0 Å². The molecule has 5 nitrogen and oxygen atoms in total. The lowest BCUT2D eigenvalue weighted by atomic mass is 9.88. The Morgan fingerprint density at radius 1 is 0.880 bits per heavy atom. The van der Waals surface area contributed by atoms with Gasteiger partial charge in [-0.25, -0.2) is 0 Å². The van der Waals surface area contributed by atoms with E-state index < -0.39 is 23.8 Å². The molecule has 0 amide bonds. The van der Waals surface area contributed by atoms with Gasteiger partial charge < -0.3 is 14.9 Å². The van der Waals surface area contributed by atoms with E-state index in [4.69, 9.17) is 14.9 Å². The van der Waals surface area contributed by atoms with Gasteiger partial charge in [-0.1, -0.05) is 65.0 Å². The van der Waals surface area contributed by atoms with Crippen molar-refractivity contribution in [1.82, 2.24) is 0 Å². The zero-order valence-electron chi connectivity index (χ0n) is 15.9. The highest BCUT2D eigenvalue weighted by atomic mass is 16.5. The number of benzene rings is 1. The first-order valence-electron chi connectivity index (χ1n) is 8.72. The summed E-state index contributed by atoms with van der Waals surface area (Å²) in [5.74, 6) is -2.59. The summed E-state index contributed by atoms with van der Waals surface area (Å²) < 4.78 is 5.36. The second-order valence-electron chi connectivity index (χ2n) is 7.09. The molecule has 142 valence electrons. The number of hydrogen-bond donors (Lipinski definition) is 2. The van der Waals surface area contributed by atoms with E-state index in [1.54, 1.807) is 24.3 Å². The standard InChI is InChI=1S/C12H14O4.C8H18O/c1-8(11(13)14)10(12(15)16)7-9-5-3-2-4-6-9;1-7(2)5-9-6-8(3)4/h2-6,8,10H,7H2,1H3,(H,13,14)(H,15,16);7-8H,5-6H2,1-4H3/t8-,10+;/m1./s1. The van der Waals surface area contributed by atoms with Crippen LogP contribution in [0.3, 0.4) is 0 Å². The van der Waals surface area contributed by atoms with Gasteiger partial charge in [-0.2, -0.15) is 0 Å². The first-order valence-corrected chi connectivity index (χ1v) is 8.72. The first kappa shape index (κ1) is 23.1. The third-order valence-electron chi connectivity index (χ3n) is 3.51. The molecule has 0 saturated carbocycles. The number of carbonyl (C=O) groups is 2. The molecule has 0 bridgehead atoms. The smallest absolute Gasteiger partial charge is 0.307 e. The minimum absolute atomic E-state index is 0.240. The third-order valence-corrected chi connectivity index (χ3v) is 3.51. The molecule has 5 heteroatoms. The average Bonchev–Trinajstić information content (AvgIpc) is 2.52. The lowest BCUT2D eigenvalue weighted by Gasteiger charge is -2.16. The van der Waals surface area contributed by atoms with Crippen molar-refractivity contribution < 1.29 is 24.5 Å². The van der Waals surface area contributed by atoms with E-state index in [0.29, 0.717) is 11.8 Å². The molecule has 25 heavy (non-hydrogen) atoms. The molecule has 0 heterocycles. The molecule has 0 aliphatic carbocycles. The van der Waals surface area contributed by atoms with Crippen molar-refractivity contribution in [2.75, 3.05) is 13.2 Å². The number of carboxylic acids is 2. The van der Waals surface area contributed by atoms with Crippen LogP contribution in [-0.4, -0.2) is 35.4 Å². The molecule has 0 fully saturated rings. The van der Waals surface area contributed by atoms with Crippen LogP contribution in [0.2, 0.25) is 0 Å². The molecule has 0 unspecified atom stereocenters. The Labute approximate surface area is 151 Å². The quantitative estimate of drug-likeness (QED) is 0.702. The van der Waals surface area contributed by atoms with E-state index in [1.165, 1.54) is 6.92 Å². The van der Waals surface area contributed by atoms with E-state index in [-0.39, 0.29) is 6.42 Å². The van der Waals surface area contributed by atoms with E-state index >= 15 is 0 Å². The molecule has 1 aromatic carbocycles. The van der Waals surface area contributed by atoms with Crippen molar-refractivity contribution >= 4 is 11.9 Å². The summed E-state index contributed by atoms with van der Waals surface area (Å²) in [6, 6.07) is 9.04. The summed E-state index contributed by atoms with van der Waals surface area (Å²) in [6.07, 6.45) is 0.240. The van der Waals surface area contributed by atoms with Gasteiger partial charge in [0.05, 0.1) is 11.8 Å². The Morgan fingerprint density at radius 3 is 1.72 bits per heavy atom. The molecule has 0 saturated heterocycles. The Hall–Kier alpha value is -1.88. The fourth-order valence-corrected chi connectivity index (χ4v) is 2.06. The highest BCUT2D eigenvalue weighted by Gasteiger charge is 2.29. The van der Waals surface area contributed by atoms with Gasteiger partial charge in [0.1, 0.15) is 0 Å². The van der Waals surface area contributed by atoms with E-state index in [9.17, 15) is 9.59 Å². The van der Waals surface area contributed by atoms with E-state index in [0.717, 1.165) is 18.8 Å². The number of rotatable bonds is 9. The molecule has 0 aliphatic heterocycles. The topological polar surface area (TPSA) is 83.8 Å². The highest BCUT2D eigenvalue weighted by Crippen LogP contribution is 2.18. The van der Waals surface area contributed by atoms with Crippen molar-refractivity contribution in [2.45, 2.75) is 41.0 Å². The summed E-state index contributed by atoms with van der Waals surface area (Å²) in [5.41, 5.74) is 0.836. The minimum Gasteiger partial charge on any atom is -0.481 e. The van der Waals surface area contributed by atoms with Crippen molar-refractivity contribution in [3.8, 4) is 0 Å². The number of carboxylic acid groups (broad SMARTS) is 2. The van der Waals surface area contributed by atoms with Gasteiger partial charge in [-0.3, -0.25) is 9.59 Å². The molecule has 1 aromatic rings. The maximum atomic E-state index is 11.0. The van der Waals surface area contributed by atoms with Gasteiger partial charge in [0, 0.05) is 13.2 Å². The van der Waals surface area contributed by atoms with Crippen LogP contribution >= 0.6 is 0 Å². The summed E-state index contributed by atoms with van der Waals surface area (Å²) >= 11 is 0. The predicted molar refractivity (Wildman–Crippen MR) is 98.6 cm³/mol. The molecule has 0 spiro atoms. The van der Waals surface area contributed by atoms with Crippen LogP contribution in [0.4, 0.5) is 0 Å². The fourth-order valence-electron chi connectivity index (χ4n) is 2.06. The van der Waals surface area contributed by atoms with Crippen LogP contribution in [0, 0.1) is 23.7 Å². The largest absolute Gasteiger partial charge is 0.481 e. The maximum absolute atomic E-state index is 11.0. The van der Waals surface area contributed by atoms with Crippen LogP contribution in [0.5, 0.6) is 0 Å². The Morgan fingerprint density at radius 2 is 1.36 bits per heavy atom. The van der Waals surface area contributed by atoms with E-state index in [2.05, 4.69) is 27.7 Å². The van der Waals surface area contributed by atoms with Crippen LogP contribution < -0.4 is 0 Å². The van der Waals surface area contributed by atoms with Crippen molar-refractivity contribution in [2.24, 2.45) is 23.7 Å². The second kappa shape index (κ2) is 12.5. The van der Waals surface area contributed by atoms with Crippen molar-refractivity contribution in [1.29, 1.82) is 0 Å². The summed E-state index contributed by atoms with van der Waals surface area (Å²) in [4.78, 5) is 21.8. The lowest BCUT2D eigenvalue weighted by molar-refractivity contribution is -0.152. The number of hydrogen-bond acceptors (Lipinski definition) is 3. The van der Waals surface area contributed by atoms with Crippen LogP contribution in [-0.2, 0) is 20.7 Å². The van der Waals surface area contributed by atoms with Crippen molar-refractivity contribution in [3.63, 3.8) is 0 Å². The van der Waals surface area contributed by atoms with Gasteiger partial charge in [0.25, 0.3) is 0 Å². The summed E-state index contributed by atoms with van der Waals surface area (Å²) in [7, 11) is 0. The zero-order valence-corrected chi connectivity index (χ0v) is 15.9. The number of aliphatic carboxylic acids is 2. The average molecular weight is 352 g/mol. The van der Waals surface area contributed by atoms with Gasteiger partial charge in [0.2, 0.25) is 0 Å². The Bertz CT molecular complexity index is 488. The summed E-state index contributed by atoms with van der Waals surface area (Å²) in [5, 5.41) is 17.8. The third kappa shape index (κ3) is 11.3. The SMILES string of the molecule is CC(C)COCC(C)C.C[C@@H](C(=O)O)[C@H](Cc1ccccc1)C(=O)O.